The largest absolute Gasteiger partial charge is 0.478 e. The summed E-state index contributed by atoms with van der Waals surface area (Å²) in [6, 6.07) is 4.34. The summed E-state index contributed by atoms with van der Waals surface area (Å²) in [4.78, 5) is 24.7. The number of carboxylic acids is 1. The van der Waals surface area contributed by atoms with Crippen LogP contribution in [0.1, 0.15) is 29.6 Å². The summed E-state index contributed by atoms with van der Waals surface area (Å²) in [5.74, 6) is -1.10. The molecular weight excluding hydrogens is 340 g/mol. The van der Waals surface area contributed by atoms with Gasteiger partial charge in [-0.3, -0.25) is 0 Å². The van der Waals surface area contributed by atoms with Gasteiger partial charge >= 0.3 is 12.0 Å². The third kappa shape index (κ3) is 5.35. The molecular formula is C14H19BrN2O4. The number of unbranched alkanes of at least 4 members (excludes halogenated alkanes) is 2. The molecule has 0 aromatic heterocycles. The van der Waals surface area contributed by atoms with Crippen LogP contribution in [0.15, 0.2) is 22.7 Å². The third-order valence-electron chi connectivity index (χ3n) is 2.97. The number of nitrogens with zero attached hydrogens (tertiary/aromatic N) is 1. The van der Waals surface area contributed by atoms with Gasteiger partial charge in [0, 0.05) is 24.7 Å². The van der Waals surface area contributed by atoms with E-state index < -0.39 is 5.97 Å². The van der Waals surface area contributed by atoms with E-state index in [9.17, 15) is 9.59 Å². The highest BCUT2D eigenvalue weighted by atomic mass is 79.9. The molecule has 0 heterocycles. The first kappa shape index (κ1) is 17.5. The zero-order valence-corrected chi connectivity index (χ0v) is 13.4. The van der Waals surface area contributed by atoms with Gasteiger partial charge in [0.2, 0.25) is 0 Å². The van der Waals surface area contributed by atoms with Gasteiger partial charge in [0.1, 0.15) is 0 Å². The fourth-order valence-corrected chi connectivity index (χ4v) is 2.24. The summed E-state index contributed by atoms with van der Waals surface area (Å²) in [5, 5.41) is 20.4. The molecule has 1 rings (SSSR count). The molecule has 0 saturated carbocycles. The lowest BCUT2D eigenvalue weighted by molar-refractivity contribution is 0.0698. The Morgan fingerprint density at radius 3 is 2.62 bits per heavy atom. The van der Waals surface area contributed by atoms with Crippen LogP contribution in [0.25, 0.3) is 0 Å². The van der Waals surface area contributed by atoms with Crippen molar-refractivity contribution in [2.75, 3.05) is 25.5 Å². The van der Waals surface area contributed by atoms with Crippen LogP contribution >= 0.6 is 15.9 Å². The molecule has 116 valence electrons. The SMILES string of the molecule is CN(CCCCCO)C(=O)Nc1c(Br)cccc1C(=O)O. The van der Waals surface area contributed by atoms with Crippen LogP contribution in [0.4, 0.5) is 10.5 Å². The smallest absolute Gasteiger partial charge is 0.337 e. The number of nitrogens with one attached hydrogen (secondary N) is 1. The van der Waals surface area contributed by atoms with E-state index in [0.717, 1.165) is 12.8 Å². The van der Waals surface area contributed by atoms with E-state index in [-0.39, 0.29) is 23.9 Å². The Kier molecular flexibility index (Phi) is 7.18. The fourth-order valence-electron chi connectivity index (χ4n) is 1.77. The van der Waals surface area contributed by atoms with Crippen molar-refractivity contribution in [1.82, 2.24) is 4.90 Å². The first-order chi connectivity index (χ1) is 9.97. The van der Waals surface area contributed by atoms with E-state index in [1.165, 1.54) is 11.0 Å². The number of amides is 2. The second-order valence-corrected chi connectivity index (χ2v) is 5.46. The molecule has 21 heavy (non-hydrogen) atoms. The zero-order chi connectivity index (χ0) is 15.8. The first-order valence-corrected chi connectivity index (χ1v) is 7.41. The number of rotatable bonds is 7. The van der Waals surface area contributed by atoms with Crippen LogP contribution in [0.2, 0.25) is 0 Å². The molecule has 0 saturated heterocycles. The van der Waals surface area contributed by atoms with Gasteiger partial charge in [0.25, 0.3) is 0 Å². The minimum atomic E-state index is -1.10. The van der Waals surface area contributed by atoms with Crippen LogP contribution in [-0.2, 0) is 0 Å². The fraction of sp³-hybridized carbons (Fsp3) is 0.429. The number of para-hydroxylation sites is 1. The van der Waals surface area contributed by atoms with Crippen molar-refractivity contribution >= 4 is 33.6 Å². The van der Waals surface area contributed by atoms with E-state index in [1.807, 2.05) is 0 Å². The molecule has 0 spiro atoms. The number of aliphatic hydroxyl groups excluding tert-OH is 1. The summed E-state index contributed by atoms with van der Waals surface area (Å²) in [6.45, 7) is 0.688. The molecule has 0 fully saturated rings. The van der Waals surface area contributed by atoms with Gasteiger partial charge < -0.3 is 20.4 Å². The van der Waals surface area contributed by atoms with Gasteiger partial charge in [-0.05, 0) is 47.3 Å². The van der Waals surface area contributed by atoms with Gasteiger partial charge in [0.15, 0.2) is 0 Å². The molecule has 6 nitrogen and oxygen atoms in total. The number of aromatic carboxylic acids is 1. The summed E-state index contributed by atoms with van der Waals surface area (Å²) in [5.41, 5.74) is 0.281. The number of halogens is 1. The van der Waals surface area contributed by atoms with Crippen LogP contribution in [0.5, 0.6) is 0 Å². The summed E-state index contributed by atoms with van der Waals surface area (Å²) < 4.78 is 0.518. The number of benzene rings is 1. The molecule has 0 atom stereocenters. The molecule has 0 unspecified atom stereocenters. The Balaban J connectivity index is 2.68. The third-order valence-corrected chi connectivity index (χ3v) is 3.64. The second-order valence-electron chi connectivity index (χ2n) is 4.60. The molecule has 0 aliphatic rings. The standard InChI is InChI=1S/C14H19BrN2O4/c1-17(8-3-2-4-9-18)14(21)16-12-10(13(19)20)6-5-7-11(12)15/h5-7,18H,2-4,8-9H2,1H3,(H,16,21)(H,19,20). The minimum absolute atomic E-state index is 0.0337. The van der Waals surface area contributed by atoms with E-state index in [0.29, 0.717) is 17.4 Å². The Morgan fingerprint density at radius 1 is 1.29 bits per heavy atom. The topological polar surface area (TPSA) is 89.9 Å². The predicted octanol–water partition coefficient (Wildman–Crippen LogP) is 2.77. The Hall–Kier alpha value is -1.60. The minimum Gasteiger partial charge on any atom is -0.478 e. The molecule has 2 amide bonds. The molecule has 0 bridgehead atoms. The van der Waals surface area contributed by atoms with Gasteiger partial charge in [-0.1, -0.05) is 6.07 Å². The van der Waals surface area contributed by atoms with Crippen LogP contribution < -0.4 is 5.32 Å². The summed E-state index contributed by atoms with van der Waals surface area (Å²) in [6.07, 6.45) is 2.33. The van der Waals surface area contributed by atoms with Crippen molar-refractivity contribution in [3.8, 4) is 0 Å². The number of urea groups is 1. The van der Waals surface area contributed by atoms with E-state index in [2.05, 4.69) is 21.2 Å². The van der Waals surface area contributed by atoms with Gasteiger partial charge in [-0.25, -0.2) is 9.59 Å². The van der Waals surface area contributed by atoms with Crippen molar-refractivity contribution in [2.45, 2.75) is 19.3 Å². The van der Waals surface area contributed by atoms with E-state index in [4.69, 9.17) is 10.2 Å². The van der Waals surface area contributed by atoms with E-state index in [1.54, 1.807) is 19.2 Å². The molecule has 1 aromatic rings. The highest BCUT2D eigenvalue weighted by Crippen LogP contribution is 2.26. The molecule has 0 aliphatic heterocycles. The number of anilines is 1. The maximum atomic E-state index is 12.1. The van der Waals surface area contributed by atoms with Crippen molar-refractivity contribution < 1.29 is 19.8 Å². The average molecular weight is 359 g/mol. The Bertz CT molecular complexity index is 508. The number of carbonyl (C=O) groups excluding carboxylic acids is 1. The molecule has 0 aliphatic carbocycles. The summed E-state index contributed by atoms with van der Waals surface area (Å²) in [7, 11) is 1.64. The zero-order valence-electron chi connectivity index (χ0n) is 11.8. The van der Waals surface area contributed by atoms with Crippen molar-refractivity contribution in [2.24, 2.45) is 0 Å². The molecule has 3 N–H and O–H groups in total. The van der Waals surface area contributed by atoms with Crippen molar-refractivity contribution in [1.29, 1.82) is 0 Å². The van der Waals surface area contributed by atoms with Gasteiger partial charge in [-0.15, -0.1) is 0 Å². The van der Waals surface area contributed by atoms with Crippen molar-refractivity contribution in [3.63, 3.8) is 0 Å². The maximum Gasteiger partial charge on any atom is 0.337 e. The number of hydrogen-bond donors (Lipinski definition) is 3. The van der Waals surface area contributed by atoms with Gasteiger partial charge in [-0.2, -0.15) is 0 Å². The second kappa shape index (κ2) is 8.63. The number of hydrogen-bond acceptors (Lipinski definition) is 3. The normalized spacial score (nSPS) is 10.2. The highest BCUT2D eigenvalue weighted by Gasteiger charge is 2.17. The number of carboxylic acid groups (broad SMARTS) is 1. The van der Waals surface area contributed by atoms with Crippen molar-refractivity contribution in [3.05, 3.63) is 28.2 Å². The summed E-state index contributed by atoms with van der Waals surface area (Å²) >= 11 is 3.24. The van der Waals surface area contributed by atoms with Crippen LogP contribution in [-0.4, -0.2) is 47.3 Å². The highest BCUT2D eigenvalue weighted by molar-refractivity contribution is 9.10. The first-order valence-electron chi connectivity index (χ1n) is 6.62. The number of aliphatic hydroxyl groups is 1. The molecule has 1 aromatic carbocycles. The maximum absolute atomic E-state index is 12.1. The lowest BCUT2D eigenvalue weighted by Gasteiger charge is -2.19. The monoisotopic (exact) mass is 358 g/mol. The molecule has 0 radical (unpaired) electrons. The lowest BCUT2D eigenvalue weighted by atomic mass is 10.2. The Morgan fingerprint density at radius 2 is 2.00 bits per heavy atom. The Labute approximate surface area is 131 Å². The van der Waals surface area contributed by atoms with E-state index >= 15 is 0 Å². The van der Waals surface area contributed by atoms with Crippen LogP contribution in [0, 0.1) is 0 Å². The number of carbonyl (C=O) groups is 2. The quantitative estimate of drug-likeness (QED) is 0.653. The predicted molar refractivity (Wildman–Crippen MR) is 83.7 cm³/mol. The molecule has 7 heteroatoms. The average Bonchev–Trinajstić information content (AvgIpc) is 2.45. The van der Waals surface area contributed by atoms with Gasteiger partial charge in [0.05, 0.1) is 11.3 Å². The lowest BCUT2D eigenvalue weighted by Crippen LogP contribution is -2.32. The van der Waals surface area contributed by atoms with Crippen LogP contribution in [0.3, 0.4) is 0 Å².